The van der Waals surface area contributed by atoms with Crippen LogP contribution in [0.4, 0.5) is 11.4 Å². The molecule has 5 nitrogen and oxygen atoms in total. The van der Waals surface area contributed by atoms with Crippen molar-refractivity contribution >= 4 is 23.3 Å². The van der Waals surface area contributed by atoms with Crippen molar-refractivity contribution in [3.8, 4) is 5.75 Å². The summed E-state index contributed by atoms with van der Waals surface area (Å²) in [4.78, 5) is 11.4. The van der Waals surface area contributed by atoms with Crippen LogP contribution in [0, 0.1) is 10.1 Å². The molecule has 6 heteroatoms. The Balaban J connectivity index is 1.88. The maximum absolute atomic E-state index is 10.8. The molecule has 0 aliphatic rings. The number of aromatic hydroxyl groups is 1. The normalized spacial score (nSPS) is 10.4. The van der Waals surface area contributed by atoms with Crippen molar-refractivity contribution in [2.24, 2.45) is 0 Å². The van der Waals surface area contributed by atoms with Crippen molar-refractivity contribution in [3.05, 3.63) is 94.5 Å². The van der Waals surface area contributed by atoms with E-state index in [2.05, 4.69) is 0 Å². The van der Waals surface area contributed by atoms with Crippen LogP contribution in [0.5, 0.6) is 5.75 Å². The van der Waals surface area contributed by atoms with Gasteiger partial charge in [0.1, 0.15) is 5.75 Å². The molecule has 0 radical (unpaired) electrons. The number of phenolic OH excluding ortho intramolecular Hbond substituents is 1. The van der Waals surface area contributed by atoms with E-state index in [9.17, 15) is 15.2 Å². The average Bonchev–Trinajstić information content (AvgIpc) is 2.63. The van der Waals surface area contributed by atoms with E-state index in [0.717, 1.165) is 10.5 Å². The highest BCUT2D eigenvalue weighted by Crippen LogP contribution is 2.36. The van der Waals surface area contributed by atoms with Gasteiger partial charge in [0.15, 0.2) is 0 Å². The van der Waals surface area contributed by atoms with Crippen LogP contribution in [0.2, 0.25) is 0 Å². The molecular formula is C19H16N2O3S. The zero-order valence-corrected chi connectivity index (χ0v) is 14.1. The van der Waals surface area contributed by atoms with Crippen molar-refractivity contribution < 1.29 is 10.0 Å². The maximum Gasteiger partial charge on any atom is 0.269 e. The molecule has 0 atom stereocenters. The fourth-order valence-electron chi connectivity index (χ4n) is 2.34. The number of anilines is 1. The molecule has 3 rings (SSSR count). The molecule has 0 spiro atoms. The second-order valence-electron chi connectivity index (χ2n) is 5.35. The fourth-order valence-corrected chi connectivity index (χ4v) is 3.34. The molecule has 0 aromatic heterocycles. The SMILES string of the molecule is O=[N+]([O-])c1ccc(CN(Sc2ccccc2)c2ccccc2O)cc1. The molecule has 0 aliphatic carbocycles. The second-order valence-corrected chi connectivity index (χ2v) is 6.45. The quantitative estimate of drug-likeness (QED) is 0.383. The van der Waals surface area contributed by atoms with E-state index in [1.165, 1.54) is 24.1 Å². The lowest BCUT2D eigenvalue weighted by molar-refractivity contribution is -0.384. The van der Waals surface area contributed by atoms with Gasteiger partial charge in [-0.3, -0.25) is 10.1 Å². The van der Waals surface area contributed by atoms with E-state index in [1.54, 1.807) is 24.3 Å². The van der Waals surface area contributed by atoms with Crippen molar-refractivity contribution in [2.75, 3.05) is 4.31 Å². The summed E-state index contributed by atoms with van der Waals surface area (Å²) >= 11 is 1.50. The van der Waals surface area contributed by atoms with Crippen molar-refractivity contribution in [2.45, 2.75) is 11.4 Å². The van der Waals surface area contributed by atoms with E-state index in [0.29, 0.717) is 12.2 Å². The number of phenols is 1. The maximum atomic E-state index is 10.8. The minimum Gasteiger partial charge on any atom is -0.506 e. The summed E-state index contributed by atoms with van der Waals surface area (Å²) < 4.78 is 1.96. The summed E-state index contributed by atoms with van der Waals surface area (Å²) in [6, 6.07) is 23.4. The molecule has 1 N–H and O–H groups in total. The summed E-state index contributed by atoms with van der Waals surface area (Å²) in [6.45, 7) is 0.495. The zero-order chi connectivity index (χ0) is 17.6. The number of benzene rings is 3. The standard InChI is InChI=1S/C19H16N2O3S/c22-19-9-5-4-8-18(19)20(25-17-6-2-1-3-7-17)14-15-10-12-16(13-11-15)21(23)24/h1-13,22H,14H2. The first-order valence-corrected chi connectivity index (χ1v) is 8.43. The topological polar surface area (TPSA) is 66.6 Å². The predicted molar refractivity (Wildman–Crippen MR) is 99.7 cm³/mol. The molecule has 3 aromatic carbocycles. The first-order chi connectivity index (χ1) is 12.1. The van der Waals surface area contributed by atoms with Crippen molar-refractivity contribution in [3.63, 3.8) is 0 Å². The first kappa shape index (κ1) is 16.9. The Morgan fingerprint density at radius 3 is 2.20 bits per heavy atom. The summed E-state index contributed by atoms with van der Waals surface area (Å²) in [5, 5.41) is 21.0. The lowest BCUT2D eigenvalue weighted by Gasteiger charge is -2.24. The van der Waals surface area contributed by atoms with Crippen LogP contribution in [-0.4, -0.2) is 10.0 Å². The minimum absolute atomic E-state index is 0.0635. The van der Waals surface area contributed by atoms with Gasteiger partial charge in [0.05, 0.1) is 17.2 Å². The second kappa shape index (κ2) is 7.72. The highest BCUT2D eigenvalue weighted by atomic mass is 32.2. The van der Waals surface area contributed by atoms with Crippen LogP contribution in [0.15, 0.2) is 83.8 Å². The summed E-state index contributed by atoms with van der Waals surface area (Å²) in [6.07, 6.45) is 0. The van der Waals surface area contributed by atoms with E-state index in [-0.39, 0.29) is 11.4 Å². The Labute approximate surface area is 149 Å². The summed E-state index contributed by atoms with van der Waals surface area (Å²) in [5.74, 6) is 0.188. The van der Waals surface area contributed by atoms with Crippen molar-refractivity contribution in [1.29, 1.82) is 0 Å². The van der Waals surface area contributed by atoms with E-state index >= 15 is 0 Å². The predicted octanol–water partition coefficient (Wildman–Crippen LogP) is 5.01. The van der Waals surface area contributed by atoms with Gasteiger partial charge < -0.3 is 9.41 Å². The Hall–Kier alpha value is -2.99. The van der Waals surface area contributed by atoms with Gasteiger partial charge in [-0.2, -0.15) is 0 Å². The lowest BCUT2D eigenvalue weighted by Crippen LogP contribution is -2.14. The molecule has 3 aromatic rings. The summed E-state index contributed by atoms with van der Waals surface area (Å²) in [5.41, 5.74) is 1.67. The molecule has 0 saturated carbocycles. The Bertz CT molecular complexity index is 854. The van der Waals surface area contributed by atoms with Crippen LogP contribution in [0.25, 0.3) is 0 Å². The first-order valence-electron chi connectivity index (χ1n) is 7.65. The number of para-hydroxylation sites is 2. The molecule has 0 bridgehead atoms. The highest BCUT2D eigenvalue weighted by molar-refractivity contribution is 8.00. The van der Waals surface area contributed by atoms with Crippen LogP contribution in [0.1, 0.15) is 5.56 Å². The van der Waals surface area contributed by atoms with Gasteiger partial charge >= 0.3 is 0 Å². The third kappa shape index (κ3) is 4.30. The molecule has 0 unspecified atom stereocenters. The summed E-state index contributed by atoms with van der Waals surface area (Å²) in [7, 11) is 0. The Kier molecular flexibility index (Phi) is 5.20. The van der Waals surface area contributed by atoms with E-state index in [1.807, 2.05) is 46.8 Å². The number of rotatable bonds is 6. The number of nitro groups is 1. The fraction of sp³-hybridized carbons (Fsp3) is 0.0526. The van der Waals surface area contributed by atoms with Gasteiger partial charge in [0.25, 0.3) is 5.69 Å². The molecule has 0 heterocycles. The largest absolute Gasteiger partial charge is 0.506 e. The van der Waals surface area contributed by atoms with E-state index in [4.69, 9.17) is 0 Å². The zero-order valence-electron chi connectivity index (χ0n) is 13.3. The van der Waals surface area contributed by atoms with E-state index < -0.39 is 4.92 Å². The molecule has 0 saturated heterocycles. The van der Waals surface area contributed by atoms with Gasteiger partial charge in [0.2, 0.25) is 0 Å². The molecular weight excluding hydrogens is 336 g/mol. The number of non-ortho nitro benzene ring substituents is 1. The average molecular weight is 352 g/mol. The minimum atomic E-state index is -0.413. The number of hydrogen-bond acceptors (Lipinski definition) is 5. The van der Waals surface area contributed by atoms with Crippen LogP contribution in [0.3, 0.4) is 0 Å². The third-order valence-corrected chi connectivity index (χ3v) is 4.61. The van der Waals surface area contributed by atoms with Gasteiger partial charge in [-0.25, -0.2) is 0 Å². The highest BCUT2D eigenvalue weighted by Gasteiger charge is 2.14. The number of hydrogen-bond donors (Lipinski definition) is 1. The van der Waals surface area contributed by atoms with Crippen LogP contribution in [-0.2, 0) is 6.54 Å². The molecule has 25 heavy (non-hydrogen) atoms. The molecule has 0 amide bonds. The molecule has 0 aliphatic heterocycles. The number of nitrogens with zero attached hydrogens (tertiary/aromatic N) is 2. The van der Waals surface area contributed by atoms with Crippen LogP contribution < -0.4 is 4.31 Å². The Morgan fingerprint density at radius 1 is 0.920 bits per heavy atom. The third-order valence-electron chi connectivity index (χ3n) is 3.58. The smallest absolute Gasteiger partial charge is 0.269 e. The molecule has 126 valence electrons. The van der Waals surface area contributed by atoms with Gasteiger partial charge in [0, 0.05) is 17.0 Å². The lowest BCUT2D eigenvalue weighted by atomic mass is 10.2. The number of nitro benzene ring substituents is 1. The van der Waals surface area contributed by atoms with Gasteiger partial charge in [-0.05, 0) is 41.8 Å². The van der Waals surface area contributed by atoms with Gasteiger partial charge in [-0.1, -0.05) is 42.5 Å². The van der Waals surface area contributed by atoms with Crippen LogP contribution >= 0.6 is 11.9 Å². The van der Waals surface area contributed by atoms with Crippen molar-refractivity contribution in [1.82, 2.24) is 0 Å². The van der Waals surface area contributed by atoms with Gasteiger partial charge in [-0.15, -0.1) is 0 Å². The Morgan fingerprint density at radius 2 is 1.56 bits per heavy atom. The monoisotopic (exact) mass is 352 g/mol. The molecule has 0 fully saturated rings.